The monoisotopic (exact) mass is 367 g/mol. The second-order valence-corrected chi connectivity index (χ2v) is 5.80. The molecule has 0 aliphatic rings. The number of fused-ring (bicyclic) bond motifs is 1. The lowest BCUT2D eigenvalue weighted by Crippen LogP contribution is -2.05. The fourth-order valence-corrected chi connectivity index (χ4v) is 2.84. The third-order valence-corrected chi connectivity index (χ3v) is 4.18. The van der Waals surface area contributed by atoms with Crippen LogP contribution in [0.3, 0.4) is 0 Å². The maximum atomic E-state index is 13.6. The molecule has 3 aromatic rings. The zero-order valence-corrected chi connectivity index (χ0v) is 13.4. The molecule has 3 rings (SSSR count). The van der Waals surface area contributed by atoms with E-state index >= 15 is 0 Å². The zero-order chi connectivity index (χ0) is 14.8. The van der Waals surface area contributed by atoms with E-state index in [0.717, 1.165) is 29.9 Å². The highest BCUT2D eigenvalue weighted by Gasteiger charge is 2.13. The fourth-order valence-electron chi connectivity index (χ4n) is 2.31. The summed E-state index contributed by atoms with van der Waals surface area (Å²) in [5.41, 5.74) is 2.64. The summed E-state index contributed by atoms with van der Waals surface area (Å²) in [6.45, 7) is 0.725. The van der Waals surface area contributed by atoms with E-state index in [1.807, 2.05) is 22.9 Å². The number of benzene rings is 1. The topological polar surface area (TPSA) is 30.7 Å². The Hall–Kier alpha value is -1.46. The van der Waals surface area contributed by atoms with Crippen molar-refractivity contribution in [3.63, 3.8) is 0 Å². The van der Waals surface area contributed by atoms with Crippen molar-refractivity contribution < 1.29 is 4.39 Å². The first-order valence-corrected chi connectivity index (χ1v) is 7.81. The Morgan fingerprint density at radius 1 is 1.33 bits per heavy atom. The number of rotatable bonds is 4. The third kappa shape index (κ3) is 2.94. The smallest absolute Gasteiger partial charge is 0.139 e. The average molecular weight is 369 g/mol. The minimum atomic E-state index is -0.319. The molecular weight excluding hydrogens is 357 g/mol. The summed E-state index contributed by atoms with van der Waals surface area (Å²) in [5.74, 6) is 0.717. The molecule has 0 radical (unpaired) electrons. The number of aryl methyl sites for hydroxylation is 2. The summed E-state index contributed by atoms with van der Waals surface area (Å²) in [6, 6.07) is 7.12. The van der Waals surface area contributed by atoms with Crippen molar-refractivity contribution >= 4 is 38.6 Å². The van der Waals surface area contributed by atoms with E-state index in [9.17, 15) is 4.39 Å². The molecule has 0 atom stereocenters. The first-order valence-electron chi connectivity index (χ1n) is 6.48. The summed E-state index contributed by atoms with van der Waals surface area (Å²) in [5, 5.41) is 0. The Morgan fingerprint density at radius 3 is 2.90 bits per heavy atom. The molecule has 0 fully saturated rings. The largest absolute Gasteiger partial charge is 0.327 e. The summed E-state index contributed by atoms with van der Waals surface area (Å²) in [4.78, 5) is 8.51. The van der Waals surface area contributed by atoms with E-state index in [0.29, 0.717) is 15.9 Å². The van der Waals surface area contributed by atoms with Crippen molar-refractivity contribution in [3.8, 4) is 0 Å². The van der Waals surface area contributed by atoms with Gasteiger partial charge in [0.2, 0.25) is 0 Å². The van der Waals surface area contributed by atoms with Crippen molar-refractivity contribution in [2.75, 3.05) is 0 Å². The number of alkyl halides is 1. The number of imidazole rings is 1. The Morgan fingerprint density at radius 2 is 2.19 bits per heavy atom. The second kappa shape index (κ2) is 6.12. The van der Waals surface area contributed by atoms with Crippen molar-refractivity contribution in [1.82, 2.24) is 14.5 Å². The third-order valence-electron chi connectivity index (χ3n) is 3.34. The van der Waals surface area contributed by atoms with Crippen molar-refractivity contribution in [2.45, 2.75) is 18.8 Å². The molecule has 0 spiro atoms. The van der Waals surface area contributed by atoms with Crippen LogP contribution in [-0.4, -0.2) is 14.5 Å². The number of halogens is 3. The lowest BCUT2D eigenvalue weighted by molar-refractivity contribution is 0.622. The molecular formula is C15H12BrClFN3. The van der Waals surface area contributed by atoms with Gasteiger partial charge in [0.25, 0.3) is 0 Å². The Bertz CT molecular complexity index is 773. The molecule has 0 N–H and O–H groups in total. The van der Waals surface area contributed by atoms with E-state index in [4.69, 9.17) is 11.6 Å². The van der Waals surface area contributed by atoms with Gasteiger partial charge in [0.15, 0.2) is 0 Å². The maximum absolute atomic E-state index is 13.6. The lowest BCUT2D eigenvalue weighted by Gasteiger charge is -2.08. The van der Waals surface area contributed by atoms with Gasteiger partial charge in [0.05, 0.1) is 21.4 Å². The molecule has 0 saturated carbocycles. The minimum Gasteiger partial charge on any atom is -0.327 e. The van der Waals surface area contributed by atoms with Crippen LogP contribution in [0.5, 0.6) is 0 Å². The maximum Gasteiger partial charge on any atom is 0.139 e. The van der Waals surface area contributed by atoms with Crippen LogP contribution < -0.4 is 0 Å². The molecule has 0 aliphatic carbocycles. The van der Waals surface area contributed by atoms with Gasteiger partial charge in [-0.3, -0.25) is 4.98 Å². The van der Waals surface area contributed by atoms with E-state index in [1.165, 1.54) is 6.07 Å². The van der Waals surface area contributed by atoms with Crippen LogP contribution in [-0.2, 0) is 18.8 Å². The van der Waals surface area contributed by atoms with Crippen LogP contribution in [0.15, 0.2) is 41.1 Å². The minimum absolute atomic E-state index is 0.293. The van der Waals surface area contributed by atoms with E-state index < -0.39 is 0 Å². The number of hydrogen-bond donors (Lipinski definition) is 0. The van der Waals surface area contributed by atoms with Gasteiger partial charge in [0.1, 0.15) is 11.6 Å². The summed E-state index contributed by atoms with van der Waals surface area (Å²) in [6.07, 6.45) is 4.41. The molecule has 21 heavy (non-hydrogen) atoms. The Kier molecular flexibility index (Phi) is 4.22. The van der Waals surface area contributed by atoms with Crippen molar-refractivity contribution in [2.24, 2.45) is 0 Å². The van der Waals surface area contributed by atoms with Gasteiger partial charge in [-0.25, -0.2) is 9.37 Å². The average Bonchev–Trinajstić information content (AvgIpc) is 2.83. The van der Waals surface area contributed by atoms with Gasteiger partial charge in [-0.1, -0.05) is 6.07 Å². The standard InChI is InChI=1S/C15H12BrClFN3/c16-11-6-14-13(7-12(11)18)20-15(8-17)21(14)5-3-10-2-1-4-19-9-10/h1-2,4,6-7,9H,3,5,8H2. The van der Waals surface area contributed by atoms with Crippen molar-refractivity contribution in [1.29, 1.82) is 0 Å². The molecule has 6 heteroatoms. The highest BCUT2D eigenvalue weighted by atomic mass is 79.9. The lowest BCUT2D eigenvalue weighted by atomic mass is 10.2. The molecule has 0 bridgehead atoms. The SMILES string of the molecule is Fc1cc2nc(CCl)n(CCc3cccnc3)c2cc1Br. The molecule has 0 amide bonds. The Labute approximate surface area is 134 Å². The van der Waals surface area contributed by atoms with Crippen LogP contribution in [0, 0.1) is 5.82 Å². The van der Waals surface area contributed by atoms with Gasteiger partial charge >= 0.3 is 0 Å². The van der Waals surface area contributed by atoms with E-state index in [1.54, 1.807) is 12.3 Å². The van der Waals surface area contributed by atoms with Crippen LogP contribution >= 0.6 is 27.5 Å². The molecule has 0 unspecified atom stereocenters. The molecule has 2 aromatic heterocycles. The van der Waals surface area contributed by atoms with Gasteiger partial charge in [-0.05, 0) is 40.0 Å². The first kappa shape index (κ1) is 14.5. The van der Waals surface area contributed by atoms with Gasteiger partial charge < -0.3 is 4.57 Å². The second-order valence-electron chi connectivity index (χ2n) is 4.68. The predicted octanol–water partition coefficient (Wildman–Crippen LogP) is 4.31. The van der Waals surface area contributed by atoms with Crippen molar-refractivity contribution in [3.05, 3.63) is 58.3 Å². The highest BCUT2D eigenvalue weighted by molar-refractivity contribution is 9.10. The molecule has 2 heterocycles. The van der Waals surface area contributed by atoms with Crippen LogP contribution in [0.4, 0.5) is 4.39 Å². The molecule has 0 aliphatic heterocycles. The zero-order valence-electron chi connectivity index (χ0n) is 11.1. The quantitative estimate of drug-likeness (QED) is 0.642. The molecule has 108 valence electrons. The normalized spacial score (nSPS) is 11.2. The summed E-state index contributed by atoms with van der Waals surface area (Å²) < 4.78 is 16.1. The van der Waals surface area contributed by atoms with E-state index in [-0.39, 0.29) is 5.82 Å². The highest BCUT2D eigenvalue weighted by Crippen LogP contribution is 2.25. The van der Waals surface area contributed by atoms with Crippen LogP contribution in [0.2, 0.25) is 0 Å². The fraction of sp³-hybridized carbons (Fsp3) is 0.200. The van der Waals surface area contributed by atoms with Gasteiger partial charge in [-0.2, -0.15) is 0 Å². The summed E-state index contributed by atoms with van der Waals surface area (Å²) >= 11 is 9.18. The predicted molar refractivity (Wildman–Crippen MR) is 84.9 cm³/mol. The Balaban J connectivity index is 1.98. The van der Waals surface area contributed by atoms with Crippen LogP contribution in [0.25, 0.3) is 11.0 Å². The van der Waals surface area contributed by atoms with Crippen LogP contribution in [0.1, 0.15) is 11.4 Å². The molecule has 3 nitrogen and oxygen atoms in total. The number of aromatic nitrogens is 3. The van der Waals surface area contributed by atoms with Gasteiger partial charge in [-0.15, -0.1) is 11.6 Å². The molecule has 1 aromatic carbocycles. The number of pyridine rings is 1. The number of hydrogen-bond acceptors (Lipinski definition) is 2. The summed E-state index contributed by atoms with van der Waals surface area (Å²) in [7, 11) is 0. The van der Waals surface area contributed by atoms with E-state index in [2.05, 4.69) is 25.9 Å². The first-order chi connectivity index (χ1) is 10.2. The van der Waals surface area contributed by atoms with Gasteiger partial charge in [0, 0.05) is 25.0 Å². The number of nitrogens with zero attached hydrogens (tertiary/aromatic N) is 3. The molecule has 0 saturated heterocycles.